The first-order chi connectivity index (χ1) is 10.2. The zero-order valence-corrected chi connectivity index (χ0v) is 12.8. The van der Waals surface area contributed by atoms with Crippen molar-refractivity contribution < 1.29 is 19.1 Å². The summed E-state index contributed by atoms with van der Waals surface area (Å²) in [4.78, 5) is 26.8. The maximum Gasteiger partial charge on any atom is 0.381 e. The Bertz CT molecular complexity index is 616. The highest BCUT2D eigenvalue weighted by atomic mass is 32.1. The van der Waals surface area contributed by atoms with Crippen LogP contribution in [-0.2, 0) is 20.7 Å². The molecule has 0 aromatic carbocycles. The second-order valence-electron chi connectivity index (χ2n) is 4.37. The van der Waals surface area contributed by atoms with Crippen LogP contribution in [0.4, 0.5) is 0 Å². The number of Topliss-reactive ketones (excluding diaryl/α,β-unsaturated/α-hetero) is 1. The van der Waals surface area contributed by atoms with Gasteiger partial charge in [-0.2, -0.15) is 11.3 Å². The van der Waals surface area contributed by atoms with E-state index in [1.165, 1.54) is 11.3 Å². The Kier molecular flexibility index (Phi) is 5.30. The molecule has 2 rings (SSSR count). The monoisotopic (exact) mass is 307 g/mol. The predicted molar refractivity (Wildman–Crippen MR) is 80.6 cm³/mol. The molecule has 1 N–H and O–H groups in total. The molecule has 0 saturated heterocycles. The summed E-state index contributed by atoms with van der Waals surface area (Å²) in [6.07, 6.45) is 2.41. The Labute approximate surface area is 126 Å². The zero-order chi connectivity index (χ0) is 15.2. The first-order valence-corrected chi connectivity index (χ1v) is 7.56. The number of hydrogen-bond acceptors (Lipinski definition) is 5. The van der Waals surface area contributed by atoms with E-state index in [-0.39, 0.29) is 12.3 Å². The van der Waals surface area contributed by atoms with Gasteiger partial charge in [-0.1, -0.05) is 0 Å². The summed E-state index contributed by atoms with van der Waals surface area (Å²) in [5.41, 5.74) is 2.90. The van der Waals surface area contributed by atoms with Crippen molar-refractivity contribution in [3.63, 3.8) is 0 Å². The van der Waals surface area contributed by atoms with Crippen LogP contribution in [-0.4, -0.2) is 37.1 Å². The number of hydrogen-bond donors (Lipinski definition) is 1. The van der Waals surface area contributed by atoms with Gasteiger partial charge < -0.3 is 14.5 Å². The van der Waals surface area contributed by atoms with Gasteiger partial charge in [0.05, 0.1) is 13.2 Å². The fourth-order valence-electron chi connectivity index (χ4n) is 2.09. The second-order valence-corrected chi connectivity index (χ2v) is 5.15. The largest absolute Gasteiger partial charge is 0.460 e. The number of H-pyrrole nitrogens is 1. The Morgan fingerprint density at radius 2 is 2.19 bits per heavy atom. The number of carbonyl (C=O) groups excluding carboxylic acids is 2. The summed E-state index contributed by atoms with van der Waals surface area (Å²) < 4.78 is 9.88. The summed E-state index contributed by atoms with van der Waals surface area (Å²) in [5.74, 6) is -1.49. The maximum atomic E-state index is 12.2. The molecule has 6 heteroatoms. The van der Waals surface area contributed by atoms with Crippen LogP contribution in [0.15, 0.2) is 23.0 Å². The molecule has 0 fully saturated rings. The summed E-state index contributed by atoms with van der Waals surface area (Å²) in [7, 11) is 1.63. The van der Waals surface area contributed by atoms with Gasteiger partial charge in [0.2, 0.25) is 0 Å². The standard InChI is InChI=1S/C15H17NO4S/c1-3-20-15(18)14(17)13-12(11-5-7-21-9-11)10(8-16-13)4-6-19-2/h5,7-9,16H,3-4,6H2,1-2H3. The smallest absolute Gasteiger partial charge is 0.381 e. The Morgan fingerprint density at radius 1 is 1.38 bits per heavy atom. The zero-order valence-electron chi connectivity index (χ0n) is 12.0. The van der Waals surface area contributed by atoms with Crippen molar-refractivity contribution in [2.24, 2.45) is 0 Å². The third-order valence-electron chi connectivity index (χ3n) is 3.04. The molecule has 21 heavy (non-hydrogen) atoms. The minimum absolute atomic E-state index is 0.176. The van der Waals surface area contributed by atoms with E-state index in [4.69, 9.17) is 9.47 Å². The number of ketones is 1. The lowest BCUT2D eigenvalue weighted by Gasteiger charge is -2.05. The van der Waals surface area contributed by atoms with E-state index < -0.39 is 11.8 Å². The molecule has 0 aliphatic rings. The molecule has 5 nitrogen and oxygen atoms in total. The topological polar surface area (TPSA) is 68.4 Å². The van der Waals surface area contributed by atoms with E-state index in [1.54, 1.807) is 20.2 Å². The highest BCUT2D eigenvalue weighted by Crippen LogP contribution is 2.30. The summed E-state index contributed by atoms with van der Waals surface area (Å²) >= 11 is 1.54. The van der Waals surface area contributed by atoms with Gasteiger partial charge >= 0.3 is 5.97 Å². The number of methoxy groups -OCH3 is 1. The number of ether oxygens (including phenoxy) is 2. The lowest BCUT2D eigenvalue weighted by Crippen LogP contribution is -2.18. The second kappa shape index (κ2) is 7.19. The quantitative estimate of drug-likeness (QED) is 0.485. The molecule has 112 valence electrons. The first kappa shape index (κ1) is 15.5. The van der Waals surface area contributed by atoms with Crippen molar-refractivity contribution >= 4 is 23.1 Å². The highest BCUT2D eigenvalue weighted by Gasteiger charge is 2.25. The van der Waals surface area contributed by atoms with Gasteiger partial charge in [-0.25, -0.2) is 4.79 Å². The molecule has 2 aromatic heterocycles. The van der Waals surface area contributed by atoms with Crippen LogP contribution < -0.4 is 0 Å². The molecule has 0 spiro atoms. The van der Waals surface area contributed by atoms with Crippen LogP contribution >= 0.6 is 11.3 Å². The lowest BCUT2D eigenvalue weighted by atomic mass is 10.0. The maximum absolute atomic E-state index is 12.2. The molecule has 0 atom stereocenters. The van der Waals surface area contributed by atoms with Gasteiger partial charge in [0, 0.05) is 18.9 Å². The van der Waals surface area contributed by atoms with Gasteiger partial charge in [-0.05, 0) is 41.3 Å². The normalized spacial score (nSPS) is 10.6. The van der Waals surface area contributed by atoms with Crippen molar-refractivity contribution in [1.29, 1.82) is 0 Å². The van der Waals surface area contributed by atoms with E-state index in [9.17, 15) is 9.59 Å². The Balaban J connectivity index is 2.39. The molecular weight excluding hydrogens is 290 g/mol. The SMILES string of the molecule is CCOC(=O)C(=O)c1[nH]cc(CCOC)c1-c1ccsc1. The molecule has 0 radical (unpaired) electrons. The number of esters is 1. The third-order valence-corrected chi connectivity index (χ3v) is 3.72. The molecule has 0 amide bonds. The summed E-state index contributed by atoms with van der Waals surface area (Å²) in [6.45, 7) is 2.39. The molecule has 2 heterocycles. The molecule has 0 aliphatic carbocycles. The average Bonchev–Trinajstić information content (AvgIpc) is 3.13. The molecule has 0 unspecified atom stereocenters. The molecule has 0 bridgehead atoms. The van der Waals surface area contributed by atoms with Crippen molar-refractivity contribution in [1.82, 2.24) is 4.98 Å². The van der Waals surface area contributed by atoms with Crippen LogP contribution in [0.3, 0.4) is 0 Å². The van der Waals surface area contributed by atoms with Gasteiger partial charge in [0.1, 0.15) is 5.69 Å². The predicted octanol–water partition coefficient (Wildman–Crippen LogP) is 2.68. The van der Waals surface area contributed by atoms with Crippen molar-refractivity contribution in [2.45, 2.75) is 13.3 Å². The van der Waals surface area contributed by atoms with E-state index in [1.807, 2.05) is 16.8 Å². The number of carbonyl (C=O) groups is 2. The first-order valence-electron chi connectivity index (χ1n) is 6.62. The van der Waals surface area contributed by atoms with Crippen molar-refractivity contribution in [2.75, 3.05) is 20.3 Å². The van der Waals surface area contributed by atoms with Crippen LogP contribution in [0.25, 0.3) is 11.1 Å². The number of nitrogens with one attached hydrogen (secondary N) is 1. The average molecular weight is 307 g/mol. The lowest BCUT2D eigenvalue weighted by molar-refractivity contribution is -0.137. The molecule has 0 saturated carbocycles. The molecule has 0 aliphatic heterocycles. The van der Waals surface area contributed by atoms with Crippen molar-refractivity contribution in [3.05, 3.63) is 34.3 Å². The van der Waals surface area contributed by atoms with E-state index >= 15 is 0 Å². The fourth-order valence-corrected chi connectivity index (χ4v) is 2.73. The Hall–Kier alpha value is -1.92. The summed E-state index contributed by atoms with van der Waals surface area (Å²) in [6, 6.07) is 1.92. The minimum atomic E-state index is -0.839. The number of aromatic amines is 1. The van der Waals surface area contributed by atoms with Gasteiger partial charge in [-0.3, -0.25) is 4.79 Å². The molecule has 2 aromatic rings. The highest BCUT2D eigenvalue weighted by molar-refractivity contribution is 7.08. The molecular formula is C15H17NO4S. The number of aromatic nitrogens is 1. The van der Waals surface area contributed by atoms with Crippen LogP contribution in [0.5, 0.6) is 0 Å². The van der Waals surface area contributed by atoms with Gasteiger partial charge in [-0.15, -0.1) is 0 Å². The van der Waals surface area contributed by atoms with Gasteiger partial charge in [0.15, 0.2) is 0 Å². The number of rotatable bonds is 7. The van der Waals surface area contributed by atoms with E-state index in [0.29, 0.717) is 13.0 Å². The fraction of sp³-hybridized carbons (Fsp3) is 0.333. The van der Waals surface area contributed by atoms with Gasteiger partial charge in [0.25, 0.3) is 5.78 Å². The minimum Gasteiger partial charge on any atom is -0.460 e. The Morgan fingerprint density at radius 3 is 2.81 bits per heavy atom. The van der Waals surface area contributed by atoms with Crippen LogP contribution in [0, 0.1) is 0 Å². The van der Waals surface area contributed by atoms with Crippen molar-refractivity contribution in [3.8, 4) is 11.1 Å². The number of thiophene rings is 1. The van der Waals surface area contributed by atoms with Crippen LogP contribution in [0.1, 0.15) is 23.0 Å². The van der Waals surface area contributed by atoms with E-state index in [0.717, 1.165) is 16.7 Å². The third kappa shape index (κ3) is 3.40. The summed E-state index contributed by atoms with van der Waals surface area (Å²) in [5, 5.41) is 3.88. The van der Waals surface area contributed by atoms with E-state index in [2.05, 4.69) is 4.98 Å². The van der Waals surface area contributed by atoms with Crippen LogP contribution in [0.2, 0.25) is 0 Å².